The van der Waals surface area contributed by atoms with Crippen LogP contribution in [-0.2, 0) is 11.2 Å². The summed E-state index contributed by atoms with van der Waals surface area (Å²) < 4.78 is 1.65. The lowest BCUT2D eigenvalue weighted by molar-refractivity contribution is -0.124. The minimum absolute atomic E-state index is 0.0323. The zero-order valence-corrected chi connectivity index (χ0v) is 15.5. The van der Waals surface area contributed by atoms with E-state index in [4.69, 9.17) is 0 Å². The van der Waals surface area contributed by atoms with E-state index in [1.807, 2.05) is 32.2 Å². The van der Waals surface area contributed by atoms with Crippen molar-refractivity contribution in [3.8, 4) is 0 Å². The number of fused-ring (bicyclic) bond motifs is 2. The van der Waals surface area contributed by atoms with Crippen molar-refractivity contribution in [1.82, 2.24) is 24.9 Å². The molecule has 1 atom stereocenters. The van der Waals surface area contributed by atoms with Crippen LogP contribution < -0.4 is 15.5 Å². The van der Waals surface area contributed by atoms with Crippen molar-refractivity contribution in [1.29, 1.82) is 0 Å². The van der Waals surface area contributed by atoms with Crippen LogP contribution in [0.2, 0.25) is 0 Å². The van der Waals surface area contributed by atoms with E-state index in [2.05, 4.69) is 42.7 Å². The predicted octanol–water partition coefficient (Wildman–Crippen LogP) is 1.27. The molecule has 8 nitrogen and oxygen atoms in total. The molecule has 2 N–H and O–H groups in total. The van der Waals surface area contributed by atoms with Gasteiger partial charge < -0.3 is 15.5 Å². The van der Waals surface area contributed by atoms with Crippen LogP contribution in [0.25, 0.3) is 5.78 Å². The zero-order valence-electron chi connectivity index (χ0n) is 15.5. The van der Waals surface area contributed by atoms with Crippen molar-refractivity contribution in [2.45, 2.75) is 13.3 Å². The highest BCUT2D eigenvalue weighted by Crippen LogP contribution is 2.28. The molecule has 0 bridgehead atoms. The van der Waals surface area contributed by atoms with Crippen LogP contribution in [0.1, 0.15) is 11.3 Å². The molecule has 0 radical (unpaired) electrons. The first-order valence-corrected chi connectivity index (χ1v) is 9.10. The number of carbonyl (C=O) groups is 1. The highest BCUT2D eigenvalue weighted by molar-refractivity contribution is 5.81. The topological polar surface area (TPSA) is 87.5 Å². The van der Waals surface area contributed by atoms with Crippen molar-refractivity contribution in [2.75, 3.05) is 36.9 Å². The van der Waals surface area contributed by atoms with Crippen molar-refractivity contribution < 1.29 is 4.79 Å². The maximum Gasteiger partial charge on any atom is 0.254 e. The number of aryl methyl sites for hydroxylation is 1. The highest BCUT2D eigenvalue weighted by atomic mass is 16.1. The van der Waals surface area contributed by atoms with Gasteiger partial charge >= 0.3 is 0 Å². The summed E-state index contributed by atoms with van der Waals surface area (Å²) in [6.45, 7) is 3.79. The summed E-state index contributed by atoms with van der Waals surface area (Å²) in [4.78, 5) is 23.2. The van der Waals surface area contributed by atoms with Gasteiger partial charge in [-0.05, 0) is 25.0 Å². The number of anilines is 2. The van der Waals surface area contributed by atoms with Crippen LogP contribution in [0.15, 0.2) is 36.7 Å². The van der Waals surface area contributed by atoms with E-state index < -0.39 is 0 Å². The fourth-order valence-electron chi connectivity index (χ4n) is 3.57. The number of hydrogen-bond donors (Lipinski definition) is 2. The van der Waals surface area contributed by atoms with E-state index in [1.165, 1.54) is 17.6 Å². The van der Waals surface area contributed by atoms with Gasteiger partial charge in [0.15, 0.2) is 0 Å². The molecule has 0 fully saturated rings. The third-order valence-corrected chi connectivity index (χ3v) is 4.84. The monoisotopic (exact) mass is 365 g/mol. The fraction of sp³-hybridized carbons (Fsp3) is 0.368. The second-order valence-corrected chi connectivity index (χ2v) is 6.88. The van der Waals surface area contributed by atoms with Gasteiger partial charge in [0.25, 0.3) is 5.78 Å². The van der Waals surface area contributed by atoms with Crippen LogP contribution in [0.5, 0.6) is 0 Å². The second kappa shape index (κ2) is 7.22. The van der Waals surface area contributed by atoms with Crippen molar-refractivity contribution in [3.63, 3.8) is 0 Å². The Bertz CT molecular complexity index is 968. The van der Waals surface area contributed by atoms with Crippen LogP contribution in [0.4, 0.5) is 11.5 Å². The van der Waals surface area contributed by atoms with E-state index in [-0.39, 0.29) is 11.8 Å². The third-order valence-electron chi connectivity index (χ3n) is 4.84. The molecule has 0 saturated carbocycles. The Kier molecular flexibility index (Phi) is 4.62. The number of carbonyl (C=O) groups excluding carboxylic acids is 1. The van der Waals surface area contributed by atoms with Crippen LogP contribution in [0.3, 0.4) is 0 Å². The van der Waals surface area contributed by atoms with E-state index >= 15 is 0 Å². The van der Waals surface area contributed by atoms with Gasteiger partial charge in [0.05, 0.1) is 5.92 Å². The first-order valence-electron chi connectivity index (χ1n) is 9.10. The van der Waals surface area contributed by atoms with Crippen LogP contribution in [0, 0.1) is 12.8 Å². The highest BCUT2D eigenvalue weighted by Gasteiger charge is 2.26. The SMILES string of the molecule is Cc1cc(NCCNC(=O)[C@H]2Cc3ccccc3N(C)C2)n2ncnc2n1. The number of rotatable bonds is 5. The normalized spacial score (nSPS) is 16.2. The minimum Gasteiger partial charge on any atom is -0.374 e. The van der Waals surface area contributed by atoms with Crippen molar-refractivity contribution in [2.24, 2.45) is 5.92 Å². The van der Waals surface area contributed by atoms with Gasteiger partial charge in [0.2, 0.25) is 5.91 Å². The van der Waals surface area contributed by atoms with Gasteiger partial charge in [-0.1, -0.05) is 18.2 Å². The lowest BCUT2D eigenvalue weighted by Crippen LogP contribution is -2.43. The Morgan fingerprint density at radius 3 is 3.04 bits per heavy atom. The zero-order chi connectivity index (χ0) is 18.8. The van der Waals surface area contributed by atoms with E-state index in [0.717, 1.165) is 24.5 Å². The molecule has 2 aromatic heterocycles. The standard InChI is InChI=1S/C19H23N7O/c1-13-9-17(26-19(24-13)22-12-23-26)20-7-8-21-18(27)15-10-14-5-3-4-6-16(14)25(2)11-15/h3-6,9,12,15,20H,7-8,10-11H2,1-2H3,(H,21,27)/t15-/m0/s1. The Hall–Kier alpha value is -3.16. The molecule has 3 aromatic rings. The summed E-state index contributed by atoms with van der Waals surface area (Å²) in [7, 11) is 2.04. The maximum absolute atomic E-state index is 12.6. The van der Waals surface area contributed by atoms with Crippen molar-refractivity contribution in [3.05, 3.63) is 47.9 Å². The van der Waals surface area contributed by atoms with Crippen LogP contribution in [-0.4, -0.2) is 52.2 Å². The molecule has 1 aromatic carbocycles. The lowest BCUT2D eigenvalue weighted by Gasteiger charge is -2.32. The molecule has 1 aliphatic heterocycles. The van der Waals surface area contributed by atoms with Gasteiger partial charge in [0, 0.05) is 44.1 Å². The Morgan fingerprint density at radius 1 is 1.30 bits per heavy atom. The molecule has 1 amide bonds. The third kappa shape index (κ3) is 3.55. The van der Waals surface area contributed by atoms with Gasteiger partial charge in [-0.2, -0.15) is 14.6 Å². The largest absolute Gasteiger partial charge is 0.374 e. The summed E-state index contributed by atoms with van der Waals surface area (Å²) in [6, 6.07) is 10.2. The Labute approximate surface area is 157 Å². The molecular weight excluding hydrogens is 342 g/mol. The molecule has 140 valence electrons. The summed E-state index contributed by atoms with van der Waals surface area (Å²) in [5.41, 5.74) is 3.31. The molecule has 0 unspecified atom stereocenters. The average molecular weight is 365 g/mol. The number of nitrogens with zero attached hydrogens (tertiary/aromatic N) is 5. The maximum atomic E-state index is 12.6. The van der Waals surface area contributed by atoms with Gasteiger partial charge in [-0.25, -0.2) is 4.98 Å². The number of aromatic nitrogens is 4. The van der Waals surface area contributed by atoms with Gasteiger partial charge in [-0.15, -0.1) is 0 Å². The van der Waals surface area contributed by atoms with Crippen LogP contribution >= 0.6 is 0 Å². The minimum atomic E-state index is -0.0323. The number of amides is 1. The second-order valence-electron chi connectivity index (χ2n) is 6.88. The summed E-state index contributed by atoms with van der Waals surface area (Å²) in [5, 5.41) is 10.5. The quantitative estimate of drug-likeness (QED) is 0.662. The Balaban J connectivity index is 1.32. The number of benzene rings is 1. The molecule has 27 heavy (non-hydrogen) atoms. The number of nitrogens with one attached hydrogen (secondary N) is 2. The van der Waals surface area contributed by atoms with E-state index in [9.17, 15) is 4.79 Å². The van der Waals surface area contributed by atoms with E-state index in [1.54, 1.807) is 4.52 Å². The average Bonchev–Trinajstić information content (AvgIpc) is 3.13. The van der Waals surface area contributed by atoms with Gasteiger partial charge in [0.1, 0.15) is 12.1 Å². The summed E-state index contributed by atoms with van der Waals surface area (Å²) >= 11 is 0. The molecule has 1 aliphatic rings. The predicted molar refractivity (Wildman–Crippen MR) is 104 cm³/mol. The molecule has 0 aliphatic carbocycles. The smallest absolute Gasteiger partial charge is 0.254 e. The molecule has 4 rings (SSSR count). The van der Waals surface area contributed by atoms with Crippen molar-refractivity contribution >= 4 is 23.2 Å². The molecule has 0 saturated heterocycles. The first-order chi connectivity index (χ1) is 13.1. The Morgan fingerprint density at radius 2 is 2.15 bits per heavy atom. The molecular formula is C19H23N7O. The summed E-state index contributed by atoms with van der Waals surface area (Å²) in [5.74, 6) is 1.44. The first kappa shape index (κ1) is 17.3. The number of para-hydroxylation sites is 1. The van der Waals surface area contributed by atoms with Gasteiger partial charge in [-0.3, -0.25) is 4.79 Å². The molecule has 3 heterocycles. The molecule has 0 spiro atoms. The fourth-order valence-corrected chi connectivity index (χ4v) is 3.57. The van der Waals surface area contributed by atoms with E-state index in [0.29, 0.717) is 18.9 Å². The summed E-state index contributed by atoms with van der Waals surface area (Å²) in [6.07, 6.45) is 2.26. The lowest BCUT2D eigenvalue weighted by atomic mass is 9.92. The number of hydrogen-bond acceptors (Lipinski definition) is 6. The molecule has 8 heteroatoms.